The van der Waals surface area contributed by atoms with Crippen molar-refractivity contribution in [2.45, 2.75) is 0 Å². The lowest BCUT2D eigenvalue weighted by Crippen LogP contribution is -2.52. The Morgan fingerprint density at radius 1 is 0.472 bits per heavy atom. The highest BCUT2D eigenvalue weighted by molar-refractivity contribution is 6.98. The van der Waals surface area contributed by atoms with E-state index in [9.17, 15) is 0 Å². The third-order valence-corrected chi connectivity index (χ3v) is 7.72. The summed E-state index contributed by atoms with van der Waals surface area (Å²) in [6.07, 6.45) is 0. The Morgan fingerprint density at radius 2 is 1.11 bits per heavy atom. The first-order valence-electron chi connectivity index (χ1n) is 12.5. The Balaban J connectivity index is 1.61. The third-order valence-electron chi connectivity index (χ3n) is 7.72. The fourth-order valence-corrected chi connectivity index (χ4v) is 6.30. The Bertz CT molecular complexity index is 1890. The van der Waals surface area contributed by atoms with Crippen molar-refractivity contribution < 1.29 is 4.42 Å². The first-order valence-corrected chi connectivity index (χ1v) is 12.5. The molecule has 0 aliphatic heterocycles. The zero-order valence-electron chi connectivity index (χ0n) is 19.6. The van der Waals surface area contributed by atoms with Crippen LogP contribution in [0, 0.1) is 0 Å². The van der Waals surface area contributed by atoms with E-state index in [0.29, 0.717) is 0 Å². The number of rotatable bonds is 3. The van der Waals surface area contributed by atoms with Crippen LogP contribution in [-0.2, 0) is 0 Å². The molecule has 166 valence electrons. The van der Waals surface area contributed by atoms with E-state index < -0.39 is 0 Å². The van der Waals surface area contributed by atoms with E-state index in [0.717, 1.165) is 11.2 Å². The molecule has 0 atom stereocenters. The second kappa shape index (κ2) is 7.47. The molecular formula is C34H21BO. The van der Waals surface area contributed by atoms with Crippen LogP contribution in [0.25, 0.3) is 55.0 Å². The highest BCUT2D eigenvalue weighted by atomic mass is 16.3. The van der Waals surface area contributed by atoms with E-state index in [-0.39, 0.29) is 6.71 Å². The Kier molecular flexibility index (Phi) is 4.09. The molecule has 1 aliphatic carbocycles. The average molecular weight is 456 g/mol. The highest BCUT2D eigenvalue weighted by Crippen LogP contribution is 2.48. The van der Waals surface area contributed by atoms with Crippen LogP contribution in [0.5, 0.6) is 0 Å². The zero-order chi connectivity index (χ0) is 23.6. The summed E-state index contributed by atoms with van der Waals surface area (Å²) in [5.74, 6) is 0. The minimum Gasteiger partial charge on any atom is -0.456 e. The van der Waals surface area contributed by atoms with E-state index in [1.54, 1.807) is 0 Å². The molecule has 1 aliphatic rings. The van der Waals surface area contributed by atoms with E-state index in [1.807, 2.05) is 0 Å². The van der Waals surface area contributed by atoms with Crippen LogP contribution in [0.15, 0.2) is 132 Å². The van der Waals surface area contributed by atoms with Crippen LogP contribution in [0.4, 0.5) is 0 Å². The van der Waals surface area contributed by atoms with Crippen molar-refractivity contribution >= 4 is 55.8 Å². The van der Waals surface area contributed by atoms with Crippen LogP contribution in [0.1, 0.15) is 0 Å². The topological polar surface area (TPSA) is 13.1 Å². The maximum atomic E-state index is 6.53. The van der Waals surface area contributed by atoms with Crippen molar-refractivity contribution in [3.63, 3.8) is 0 Å². The first kappa shape index (κ1) is 19.7. The van der Waals surface area contributed by atoms with E-state index >= 15 is 0 Å². The van der Waals surface area contributed by atoms with Gasteiger partial charge in [0.2, 0.25) is 6.71 Å². The summed E-state index contributed by atoms with van der Waals surface area (Å²) in [5, 5.41) is 5.01. The van der Waals surface area contributed by atoms with Crippen LogP contribution >= 0.6 is 0 Å². The molecule has 0 fully saturated rings. The summed E-state index contributed by atoms with van der Waals surface area (Å²) in [5.41, 5.74) is 11.0. The first-order chi connectivity index (χ1) is 17.9. The summed E-state index contributed by atoms with van der Waals surface area (Å²) in [6.45, 7) is 0.0652. The third kappa shape index (κ3) is 2.67. The Morgan fingerprint density at radius 3 is 1.83 bits per heavy atom. The van der Waals surface area contributed by atoms with Crippen molar-refractivity contribution in [3.05, 3.63) is 127 Å². The largest absolute Gasteiger partial charge is 0.456 e. The minimum absolute atomic E-state index is 0.0652. The van der Waals surface area contributed by atoms with Crippen molar-refractivity contribution in [2.75, 3.05) is 0 Å². The molecule has 0 radical (unpaired) electrons. The van der Waals surface area contributed by atoms with E-state index in [2.05, 4.69) is 127 Å². The van der Waals surface area contributed by atoms with Gasteiger partial charge in [-0.2, -0.15) is 0 Å². The van der Waals surface area contributed by atoms with Gasteiger partial charge in [0.15, 0.2) is 0 Å². The molecule has 7 aromatic rings. The monoisotopic (exact) mass is 456 g/mol. The van der Waals surface area contributed by atoms with Gasteiger partial charge in [-0.1, -0.05) is 126 Å². The second-order valence-corrected chi connectivity index (χ2v) is 9.65. The normalized spacial score (nSPS) is 11.9. The molecule has 1 nitrogen and oxygen atoms in total. The van der Waals surface area contributed by atoms with Crippen LogP contribution in [0.2, 0.25) is 0 Å². The van der Waals surface area contributed by atoms with Gasteiger partial charge in [0.25, 0.3) is 0 Å². The molecule has 0 saturated carbocycles. The van der Waals surface area contributed by atoms with Crippen molar-refractivity contribution in [2.24, 2.45) is 0 Å². The fraction of sp³-hybridized carbons (Fsp3) is 0. The van der Waals surface area contributed by atoms with Gasteiger partial charge in [-0.15, -0.1) is 0 Å². The molecule has 8 rings (SSSR count). The zero-order valence-corrected chi connectivity index (χ0v) is 19.6. The van der Waals surface area contributed by atoms with Gasteiger partial charge in [-0.3, -0.25) is 0 Å². The van der Waals surface area contributed by atoms with Gasteiger partial charge >= 0.3 is 0 Å². The number of fused-ring (bicyclic) bond motifs is 6. The number of hydrogen-bond acceptors (Lipinski definition) is 1. The van der Waals surface area contributed by atoms with Gasteiger partial charge in [-0.25, -0.2) is 0 Å². The smallest absolute Gasteiger partial charge is 0.243 e. The number of hydrogen-bond donors (Lipinski definition) is 0. The van der Waals surface area contributed by atoms with E-state index in [1.165, 1.54) is 60.2 Å². The molecule has 0 amide bonds. The minimum atomic E-state index is 0.0652. The maximum Gasteiger partial charge on any atom is 0.243 e. The summed E-state index contributed by atoms with van der Waals surface area (Å²) >= 11 is 0. The van der Waals surface area contributed by atoms with Gasteiger partial charge in [0.05, 0.1) is 0 Å². The van der Waals surface area contributed by atoms with Gasteiger partial charge < -0.3 is 4.42 Å². The lowest BCUT2D eigenvalue weighted by atomic mass is 9.35. The van der Waals surface area contributed by atoms with Crippen LogP contribution < -0.4 is 16.4 Å². The van der Waals surface area contributed by atoms with Crippen LogP contribution in [0.3, 0.4) is 0 Å². The summed E-state index contributed by atoms with van der Waals surface area (Å²) < 4.78 is 6.53. The van der Waals surface area contributed by atoms with Crippen molar-refractivity contribution in [1.82, 2.24) is 0 Å². The quantitative estimate of drug-likeness (QED) is 0.264. The summed E-state index contributed by atoms with van der Waals surface area (Å²) in [7, 11) is 0. The summed E-state index contributed by atoms with van der Waals surface area (Å²) in [6, 6.07) is 45.9. The van der Waals surface area contributed by atoms with Crippen molar-refractivity contribution in [1.29, 1.82) is 0 Å². The Labute approximate surface area is 209 Å². The number of benzene rings is 6. The summed E-state index contributed by atoms with van der Waals surface area (Å²) in [4.78, 5) is 0. The van der Waals surface area contributed by atoms with Gasteiger partial charge in [0.1, 0.15) is 11.2 Å². The maximum absolute atomic E-state index is 6.53. The standard InChI is InChI=1S/C34H21BO/c1-3-13-23(14-4-1)35(24-15-5-2-6-16-24)34-32-27-19-10-12-22-11-9-18-25(31(22)27)28(32)21-30-33(34)26-17-7-8-20-29(26)36-30/h1-21H. The molecule has 0 saturated heterocycles. The SMILES string of the molecule is c1ccc(B(c2ccccc2)c2c3c(cc4oc5ccccc5c24)-c2cccc4cccc-3c24)cc1. The molecule has 0 unspecified atom stereocenters. The lowest BCUT2D eigenvalue weighted by molar-refractivity contribution is 0.669. The molecule has 0 spiro atoms. The average Bonchev–Trinajstić information content (AvgIpc) is 3.47. The fourth-order valence-electron chi connectivity index (χ4n) is 6.30. The second-order valence-electron chi connectivity index (χ2n) is 9.65. The predicted molar refractivity (Wildman–Crippen MR) is 153 cm³/mol. The molecule has 2 heteroatoms. The molecule has 0 bridgehead atoms. The predicted octanol–water partition coefficient (Wildman–Crippen LogP) is 6.90. The van der Waals surface area contributed by atoms with Crippen LogP contribution in [-0.4, -0.2) is 6.71 Å². The van der Waals surface area contributed by atoms with Gasteiger partial charge in [-0.05, 0) is 50.6 Å². The van der Waals surface area contributed by atoms with E-state index in [4.69, 9.17) is 4.42 Å². The Hall–Kier alpha value is -4.56. The highest BCUT2D eigenvalue weighted by Gasteiger charge is 2.34. The lowest BCUT2D eigenvalue weighted by Gasteiger charge is -2.21. The molecular weight excluding hydrogens is 435 g/mol. The number of furan rings is 1. The molecule has 1 heterocycles. The molecule has 0 N–H and O–H groups in total. The molecule has 36 heavy (non-hydrogen) atoms. The van der Waals surface area contributed by atoms with Crippen molar-refractivity contribution in [3.8, 4) is 22.3 Å². The molecule has 6 aromatic carbocycles. The number of para-hydroxylation sites is 1. The molecule has 1 aromatic heterocycles. The van der Waals surface area contributed by atoms with Gasteiger partial charge in [0, 0.05) is 10.8 Å².